The van der Waals surface area contributed by atoms with Gasteiger partial charge in [-0.05, 0) is 74.2 Å². The van der Waals surface area contributed by atoms with E-state index in [1.165, 1.54) is 11.6 Å². The Morgan fingerprint density at radius 1 is 1.10 bits per heavy atom. The fourth-order valence-corrected chi connectivity index (χ4v) is 3.10. The molecule has 0 bridgehead atoms. The van der Waals surface area contributed by atoms with Crippen molar-refractivity contribution in [3.8, 4) is 0 Å². The molecule has 0 aliphatic rings. The third-order valence-corrected chi connectivity index (χ3v) is 4.55. The fourth-order valence-electron chi connectivity index (χ4n) is 2.65. The lowest BCUT2D eigenvalue weighted by molar-refractivity contribution is 0.490. The lowest BCUT2D eigenvalue weighted by Gasteiger charge is -2.19. The monoisotopic (exact) mass is 349 g/mol. The first kappa shape index (κ1) is 16.2. The molecule has 2 aromatic carbocycles. The second-order valence-corrected chi connectivity index (χ2v) is 6.35. The maximum Gasteiger partial charge on any atom is 0.123 e. The van der Waals surface area contributed by atoms with Gasteiger partial charge in [0.15, 0.2) is 0 Å². The predicted molar refractivity (Wildman–Crippen MR) is 90.1 cm³/mol. The van der Waals surface area contributed by atoms with Gasteiger partial charge in [-0.2, -0.15) is 0 Å². The van der Waals surface area contributed by atoms with Gasteiger partial charge in [0.1, 0.15) is 5.82 Å². The molecule has 0 saturated carbocycles. The van der Waals surface area contributed by atoms with Crippen LogP contribution in [0.3, 0.4) is 0 Å². The van der Waals surface area contributed by atoms with Gasteiger partial charge in [0.2, 0.25) is 0 Å². The molecule has 0 radical (unpaired) electrons. The minimum Gasteiger partial charge on any atom is -0.319 e. The van der Waals surface area contributed by atoms with E-state index < -0.39 is 0 Å². The van der Waals surface area contributed by atoms with Crippen LogP contribution in [-0.4, -0.2) is 13.6 Å². The van der Waals surface area contributed by atoms with Gasteiger partial charge >= 0.3 is 0 Å². The summed E-state index contributed by atoms with van der Waals surface area (Å²) in [4.78, 5) is 0. The smallest absolute Gasteiger partial charge is 0.123 e. The molecule has 21 heavy (non-hydrogen) atoms. The Morgan fingerprint density at radius 2 is 1.81 bits per heavy atom. The van der Waals surface area contributed by atoms with Crippen LogP contribution in [0.15, 0.2) is 46.9 Å². The molecule has 0 saturated heterocycles. The summed E-state index contributed by atoms with van der Waals surface area (Å²) in [7, 11) is 1.96. The number of halogens is 2. The lowest BCUT2D eigenvalue weighted by Crippen LogP contribution is -2.23. The minimum atomic E-state index is -0.153. The van der Waals surface area contributed by atoms with Gasteiger partial charge in [-0.25, -0.2) is 4.39 Å². The highest BCUT2D eigenvalue weighted by molar-refractivity contribution is 9.10. The maximum absolute atomic E-state index is 13.5. The molecule has 2 rings (SSSR count). The molecule has 0 heterocycles. The summed E-state index contributed by atoms with van der Waals surface area (Å²) in [6.45, 7) is 2.96. The van der Waals surface area contributed by atoms with E-state index in [1.807, 2.05) is 26.1 Å². The van der Waals surface area contributed by atoms with Crippen molar-refractivity contribution < 1.29 is 4.39 Å². The van der Waals surface area contributed by atoms with Crippen molar-refractivity contribution in [2.75, 3.05) is 13.6 Å². The van der Waals surface area contributed by atoms with Crippen LogP contribution in [0.2, 0.25) is 0 Å². The van der Waals surface area contributed by atoms with Crippen LogP contribution in [0.5, 0.6) is 0 Å². The predicted octanol–water partition coefficient (Wildman–Crippen LogP) is 4.52. The second-order valence-electron chi connectivity index (χ2n) is 5.49. The Balaban J connectivity index is 2.16. The first-order chi connectivity index (χ1) is 10.1. The summed E-state index contributed by atoms with van der Waals surface area (Å²) < 4.78 is 14.6. The van der Waals surface area contributed by atoms with Crippen molar-refractivity contribution in [2.24, 2.45) is 5.92 Å². The van der Waals surface area contributed by atoms with E-state index >= 15 is 0 Å². The number of nitrogens with one attached hydrogen (secondary N) is 1. The molecule has 0 aliphatic heterocycles. The summed E-state index contributed by atoms with van der Waals surface area (Å²) in [5, 5.41) is 3.25. The van der Waals surface area contributed by atoms with E-state index in [-0.39, 0.29) is 5.82 Å². The highest BCUT2D eigenvalue weighted by Crippen LogP contribution is 2.22. The molecule has 1 atom stereocenters. The Kier molecular flexibility index (Phi) is 5.95. The molecule has 0 aliphatic carbocycles. The summed E-state index contributed by atoms with van der Waals surface area (Å²) in [5.41, 5.74) is 3.55. The van der Waals surface area contributed by atoms with Crippen molar-refractivity contribution in [3.63, 3.8) is 0 Å². The number of hydrogen-bond acceptors (Lipinski definition) is 1. The summed E-state index contributed by atoms with van der Waals surface area (Å²) in [6, 6.07) is 13.4. The zero-order chi connectivity index (χ0) is 15.2. The lowest BCUT2D eigenvalue weighted by atomic mass is 9.90. The molecular weight excluding hydrogens is 329 g/mol. The van der Waals surface area contributed by atoms with E-state index in [0.29, 0.717) is 5.92 Å². The van der Waals surface area contributed by atoms with Gasteiger partial charge < -0.3 is 5.32 Å². The van der Waals surface area contributed by atoms with Gasteiger partial charge in [0, 0.05) is 4.47 Å². The van der Waals surface area contributed by atoms with Crippen molar-refractivity contribution >= 4 is 15.9 Å². The normalized spacial score (nSPS) is 12.4. The molecule has 3 heteroatoms. The molecule has 0 aromatic heterocycles. The highest BCUT2D eigenvalue weighted by atomic mass is 79.9. The number of aryl methyl sites for hydroxylation is 1. The summed E-state index contributed by atoms with van der Waals surface area (Å²) in [6.07, 6.45) is 1.85. The standard InChI is InChI=1S/C18H21BrFN/c1-13-7-8-17(20)11-16(13)10-14(12-21-2)9-15-5-3-4-6-18(15)19/h3-8,11,14,21H,9-10,12H2,1-2H3. The van der Waals surface area contributed by atoms with Crippen molar-refractivity contribution in [1.29, 1.82) is 0 Å². The topological polar surface area (TPSA) is 12.0 Å². The second kappa shape index (κ2) is 7.71. The van der Waals surface area contributed by atoms with Gasteiger partial charge in [-0.1, -0.05) is 40.2 Å². The third-order valence-electron chi connectivity index (χ3n) is 3.78. The van der Waals surface area contributed by atoms with Crippen LogP contribution in [0.4, 0.5) is 4.39 Å². The van der Waals surface area contributed by atoms with Gasteiger partial charge in [-0.3, -0.25) is 0 Å². The number of rotatable bonds is 6. The van der Waals surface area contributed by atoms with Crippen LogP contribution in [0.25, 0.3) is 0 Å². The Bertz CT molecular complexity index is 598. The first-order valence-corrected chi connectivity index (χ1v) is 8.02. The van der Waals surface area contributed by atoms with Gasteiger partial charge in [0.05, 0.1) is 0 Å². The van der Waals surface area contributed by atoms with Crippen LogP contribution < -0.4 is 5.32 Å². The third kappa shape index (κ3) is 4.65. The van der Waals surface area contributed by atoms with Crippen molar-refractivity contribution in [2.45, 2.75) is 19.8 Å². The van der Waals surface area contributed by atoms with Crippen molar-refractivity contribution in [3.05, 3.63) is 69.4 Å². The molecule has 0 fully saturated rings. The quantitative estimate of drug-likeness (QED) is 0.808. The van der Waals surface area contributed by atoms with Crippen molar-refractivity contribution in [1.82, 2.24) is 5.32 Å². The van der Waals surface area contributed by atoms with Crippen LogP contribution in [-0.2, 0) is 12.8 Å². The molecule has 1 N–H and O–H groups in total. The van der Waals surface area contributed by atoms with E-state index in [0.717, 1.165) is 35.0 Å². The summed E-state index contributed by atoms with van der Waals surface area (Å²) >= 11 is 3.61. The maximum atomic E-state index is 13.5. The number of hydrogen-bond donors (Lipinski definition) is 1. The average Bonchev–Trinajstić information content (AvgIpc) is 2.45. The number of benzene rings is 2. The Labute approximate surface area is 134 Å². The Hall–Kier alpha value is -1.19. The van der Waals surface area contributed by atoms with Crippen LogP contribution in [0, 0.1) is 18.7 Å². The zero-order valence-electron chi connectivity index (χ0n) is 12.5. The van der Waals surface area contributed by atoms with Crippen LogP contribution >= 0.6 is 15.9 Å². The average molecular weight is 350 g/mol. The molecule has 1 nitrogen and oxygen atoms in total. The van der Waals surface area contributed by atoms with E-state index in [4.69, 9.17) is 0 Å². The summed E-state index contributed by atoms with van der Waals surface area (Å²) in [5.74, 6) is 0.286. The SMILES string of the molecule is CNCC(Cc1cc(F)ccc1C)Cc1ccccc1Br. The fraction of sp³-hybridized carbons (Fsp3) is 0.333. The first-order valence-electron chi connectivity index (χ1n) is 7.23. The molecule has 0 amide bonds. The van der Waals surface area contributed by atoms with Gasteiger partial charge in [0.25, 0.3) is 0 Å². The van der Waals surface area contributed by atoms with Gasteiger partial charge in [-0.15, -0.1) is 0 Å². The zero-order valence-corrected chi connectivity index (χ0v) is 14.1. The van der Waals surface area contributed by atoms with Crippen LogP contribution in [0.1, 0.15) is 16.7 Å². The molecule has 1 unspecified atom stereocenters. The molecule has 0 spiro atoms. The Morgan fingerprint density at radius 3 is 2.52 bits per heavy atom. The largest absolute Gasteiger partial charge is 0.319 e. The van der Waals surface area contributed by atoms with E-state index in [1.54, 1.807) is 6.07 Å². The molecule has 2 aromatic rings. The highest BCUT2D eigenvalue weighted by Gasteiger charge is 2.13. The minimum absolute atomic E-state index is 0.153. The van der Waals surface area contributed by atoms with E-state index in [9.17, 15) is 4.39 Å². The molecule has 112 valence electrons. The van der Waals surface area contributed by atoms with E-state index in [2.05, 4.69) is 39.4 Å². The molecular formula is C18H21BrFN.